The third-order valence-electron chi connectivity index (χ3n) is 2.90. The highest BCUT2D eigenvalue weighted by molar-refractivity contribution is 5.95. The van der Waals surface area contributed by atoms with Crippen molar-refractivity contribution in [2.45, 2.75) is 13.8 Å². The molecule has 5 heteroatoms. The van der Waals surface area contributed by atoms with E-state index in [-0.39, 0.29) is 11.3 Å². The van der Waals surface area contributed by atoms with Crippen molar-refractivity contribution in [3.05, 3.63) is 23.8 Å². The molecule has 0 aliphatic heterocycles. The summed E-state index contributed by atoms with van der Waals surface area (Å²) in [6, 6.07) is 5.02. The number of nitrogens with zero attached hydrogens (tertiary/aromatic N) is 1. The molecule has 0 unspecified atom stereocenters. The van der Waals surface area contributed by atoms with Crippen LogP contribution in [0.5, 0.6) is 5.75 Å². The fraction of sp³-hybridized carbons (Fsp3) is 0.533. The van der Waals surface area contributed by atoms with Gasteiger partial charge in [-0.15, -0.1) is 0 Å². The summed E-state index contributed by atoms with van der Waals surface area (Å²) in [6.45, 7) is 5.73. The summed E-state index contributed by atoms with van der Waals surface area (Å²) in [5.41, 5.74) is 6.79. The molecule has 0 spiro atoms. The largest absolute Gasteiger partial charge is 0.497 e. The van der Waals surface area contributed by atoms with E-state index in [9.17, 15) is 4.79 Å². The molecule has 0 radical (unpaired) electrons. The molecule has 0 atom stereocenters. The van der Waals surface area contributed by atoms with Crippen LogP contribution in [0.2, 0.25) is 0 Å². The van der Waals surface area contributed by atoms with Crippen molar-refractivity contribution in [2.24, 2.45) is 5.41 Å². The van der Waals surface area contributed by atoms with Gasteiger partial charge < -0.3 is 20.7 Å². The Morgan fingerprint density at radius 1 is 1.35 bits per heavy atom. The second-order valence-electron chi connectivity index (χ2n) is 6.08. The van der Waals surface area contributed by atoms with Gasteiger partial charge in [-0.2, -0.15) is 0 Å². The Hall–Kier alpha value is -1.75. The first kappa shape index (κ1) is 16.3. The van der Waals surface area contributed by atoms with Crippen molar-refractivity contribution in [1.29, 1.82) is 0 Å². The van der Waals surface area contributed by atoms with E-state index in [0.29, 0.717) is 23.5 Å². The maximum Gasteiger partial charge on any atom is 0.251 e. The number of nitrogens with two attached hydrogens (primary N) is 1. The molecule has 5 nitrogen and oxygen atoms in total. The van der Waals surface area contributed by atoms with Gasteiger partial charge in [-0.05, 0) is 31.6 Å². The van der Waals surface area contributed by atoms with Crippen LogP contribution in [0.15, 0.2) is 18.2 Å². The lowest BCUT2D eigenvalue weighted by atomic mass is 9.93. The van der Waals surface area contributed by atoms with Crippen LogP contribution in [0.1, 0.15) is 24.2 Å². The topological polar surface area (TPSA) is 67.6 Å². The third-order valence-corrected chi connectivity index (χ3v) is 2.90. The standard InChI is InChI=1S/C15H25N3O2/c1-15(2,10-18(3)4)9-17-14(19)11-6-12(16)8-13(7-11)20-5/h6-8H,9-10,16H2,1-5H3,(H,17,19). The van der Waals surface area contributed by atoms with Crippen molar-refractivity contribution in [3.63, 3.8) is 0 Å². The number of hydrogen-bond acceptors (Lipinski definition) is 4. The summed E-state index contributed by atoms with van der Waals surface area (Å²) >= 11 is 0. The molecular formula is C15H25N3O2. The van der Waals surface area contributed by atoms with E-state index in [1.54, 1.807) is 25.3 Å². The third kappa shape index (κ3) is 5.09. The van der Waals surface area contributed by atoms with Gasteiger partial charge in [-0.1, -0.05) is 13.8 Å². The number of ether oxygens (including phenoxy) is 1. The van der Waals surface area contributed by atoms with Gasteiger partial charge in [-0.25, -0.2) is 0 Å². The Morgan fingerprint density at radius 2 is 2.00 bits per heavy atom. The van der Waals surface area contributed by atoms with E-state index in [0.717, 1.165) is 6.54 Å². The van der Waals surface area contributed by atoms with Gasteiger partial charge >= 0.3 is 0 Å². The van der Waals surface area contributed by atoms with Crippen LogP contribution in [0.3, 0.4) is 0 Å². The molecule has 0 saturated heterocycles. The summed E-state index contributed by atoms with van der Waals surface area (Å²) in [5.74, 6) is 0.449. The highest BCUT2D eigenvalue weighted by Crippen LogP contribution is 2.19. The molecule has 1 rings (SSSR count). The lowest BCUT2D eigenvalue weighted by Crippen LogP contribution is -2.40. The summed E-state index contributed by atoms with van der Waals surface area (Å²) < 4.78 is 5.12. The van der Waals surface area contributed by atoms with Gasteiger partial charge in [0.1, 0.15) is 5.75 Å². The SMILES string of the molecule is COc1cc(N)cc(C(=O)NCC(C)(C)CN(C)C)c1. The van der Waals surface area contributed by atoms with Crippen molar-refractivity contribution in [3.8, 4) is 5.75 Å². The normalized spacial score (nSPS) is 11.5. The Labute approximate surface area is 121 Å². The molecule has 0 saturated carbocycles. The molecule has 1 aromatic rings. The lowest BCUT2D eigenvalue weighted by Gasteiger charge is -2.28. The van der Waals surface area contributed by atoms with Gasteiger partial charge in [-0.3, -0.25) is 4.79 Å². The number of benzene rings is 1. The average Bonchev–Trinajstić information content (AvgIpc) is 2.33. The number of rotatable bonds is 6. The Morgan fingerprint density at radius 3 is 2.55 bits per heavy atom. The fourth-order valence-corrected chi connectivity index (χ4v) is 2.20. The van der Waals surface area contributed by atoms with Crippen LogP contribution < -0.4 is 15.8 Å². The zero-order valence-corrected chi connectivity index (χ0v) is 13.0. The highest BCUT2D eigenvalue weighted by atomic mass is 16.5. The summed E-state index contributed by atoms with van der Waals surface area (Å²) in [5, 5.41) is 2.95. The molecule has 0 aliphatic carbocycles. The lowest BCUT2D eigenvalue weighted by molar-refractivity contribution is 0.0929. The molecule has 0 bridgehead atoms. The second kappa shape index (κ2) is 6.61. The van der Waals surface area contributed by atoms with E-state index in [1.807, 2.05) is 14.1 Å². The van der Waals surface area contributed by atoms with Crippen LogP contribution in [0.25, 0.3) is 0 Å². The van der Waals surface area contributed by atoms with E-state index >= 15 is 0 Å². The van der Waals surface area contributed by atoms with Crippen LogP contribution in [-0.4, -0.2) is 45.1 Å². The van der Waals surface area contributed by atoms with Crippen LogP contribution >= 0.6 is 0 Å². The fourth-order valence-electron chi connectivity index (χ4n) is 2.20. The monoisotopic (exact) mass is 279 g/mol. The van der Waals surface area contributed by atoms with Gasteiger partial charge in [0, 0.05) is 30.4 Å². The molecule has 0 aliphatic rings. The molecule has 20 heavy (non-hydrogen) atoms. The van der Waals surface area contributed by atoms with E-state index < -0.39 is 0 Å². The molecular weight excluding hydrogens is 254 g/mol. The first-order valence-corrected chi connectivity index (χ1v) is 6.61. The first-order valence-electron chi connectivity index (χ1n) is 6.61. The summed E-state index contributed by atoms with van der Waals surface area (Å²) in [4.78, 5) is 14.3. The minimum absolute atomic E-state index is 0.00354. The van der Waals surface area contributed by atoms with Gasteiger partial charge in [0.05, 0.1) is 7.11 Å². The minimum Gasteiger partial charge on any atom is -0.497 e. The predicted molar refractivity (Wildman–Crippen MR) is 82.1 cm³/mol. The number of anilines is 1. The van der Waals surface area contributed by atoms with Crippen molar-refractivity contribution >= 4 is 11.6 Å². The Balaban J connectivity index is 2.70. The Bertz CT molecular complexity index is 470. The van der Waals surface area contributed by atoms with Crippen LogP contribution in [-0.2, 0) is 0 Å². The zero-order valence-electron chi connectivity index (χ0n) is 13.0. The first-order chi connectivity index (χ1) is 9.23. The van der Waals surface area contributed by atoms with Gasteiger partial charge in [0.15, 0.2) is 0 Å². The number of nitrogens with one attached hydrogen (secondary N) is 1. The number of methoxy groups -OCH3 is 1. The maximum atomic E-state index is 12.2. The zero-order chi connectivity index (χ0) is 15.3. The molecule has 3 N–H and O–H groups in total. The Kier molecular flexibility index (Phi) is 5.39. The van der Waals surface area contributed by atoms with Crippen molar-refractivity contribution < 1.29 is 9.53 Å². The van der Waals surface area contributed by atoms with E-state index in [4.69, 9.17) is 10.5 Å². The number of nitrogen functional groups attached to an aromatic ring is 1. The average molecular weight is 279 g/mol. The van der Waals surface area contributed by atoms with Crippen molar-refractivity contribution in [1.82, 2.24) is 10.2 Å². The predicted octanol–water partition coefficient (Wildman–Crippen LogP) is 1.59. The van der Waals surface area contributed by atoms with Gasteiger partial charge in [0.2, 0.25) is 0 Å². The van der Waals surface area contributed by atoms with E-state index in [2.05, 4.69) is 24.1 Å². The summed E-state index contributed by atoms with van der Waals surface area (Å²) in [6.07, 6.45) is 0. The smallest absolute Gasteiger partial charge is 0.251 e. The second-order valence-corrected chi connectivity index (χ2v) is 6.08. The quantitative estimate of drug-likeness (QED) is 0.776. The number of hydrogen-bond donors (Lipinski definition) is 2. The molecule has 1 aromatic carbocycles. The van der Waals surface area contributed by atoms with Crippen LogP contribution in [0.4, 0.5) is 5.69 Å². The van der Waals surface area contributed by atoms with Crippen LogP contribution in [0, 0.1) is 5.41 Å². The minimum atomic E-state index is -0.137. The number of amides is 1. The molecule has 0 heterocycles. The number of carbonyl (C=O) groups is 1. The van der Waals surface area contributed by atoms with Crippen molar-refractivity contribution in [2.75, 3.05) is 40.0 Å². The van der Waals surface area contributed by atoms with E-state index in [1.165, 1.54) is 0 Å². The molecule has 0 fully saturated rings. The summed E-state index contributed by atoms with van der Waals surface area (Å²) in [7, 11) is 5.59. The van der Waals surface area contributed by atoms with Gasteiger partial charge in [0.25, 0.3) is 5.91 Å². The molecule has 1 amide bonds. The maximum absolute atomic E-state index is 12.2. The number of carbonyl (C=O) groups excluding carboxylic acids is 1. The highest BCUT2D eigenvalue weighted by Gasteiger charge is 2.20. The molecule has 0 aromatic heterocycles. The molecule has 112 valence electrons.